The first-order valence-electron chi connectivity index (χ1n) is 10.4. The number of likely N-dealkylation sites (tertiary alicyclic amines) is 1. The molecule has 1 amide bonds. The fourth-order valence-corrected chi connectivity index (χ4v) is 3.21. The Bertz CT molecular complexity index is 832. The van der Waals surface area contributed by atoms with E-state index in [1.165, 1.54) is 0 Å². The molecule has 2 N–H and O–H groups in total. The summed E-state index contributed by atoms with van der Waals surface area (Å²) in [6.07, 6.45) is 1.65. The van der Waals surface area contributed by atoms with Crippen LogP contribution in [0, 0.1) is 0 Å². The van der Waals surface area contributed by atoms with E-state index in [2.05, 4.69) is 58.9 Å². The zero-order valence-corrected chi connectivity index (χ0v) is 20.3. The van der Waals surface area contributed by atoms with Gasteiger partial charge in [0, 0.05) is 32.1 Å². The van der Waals surface area contributed by atoms with Crippen molar-refractivity contribution in [2.24, 2.45) is 4.99 Å². The maximum Gasteiger partial charge on any atom is 0.222 e. The van der Waals surface area contributed by atoms with Crippen LogP contribution in [0.25, 0.3) is 0 Å². The van der Waals surface area contributed by atoms with Gasteiger partial charge in [-0.1, -0.05) is 43.3 Å². The van der Waals surface area contributed by atoms with E-state index in [-0.39, 0.29) is 29.9 Å². The molecule has 30 heavy (non-hydrogen) atoms. The molecule has 0 radical (unpaired) electrons. The van der Waals surface area contributed by atoms with Crippen LogP contribution in [0.4, 0.5) is 0 Å². The second-order valence-corrected chi connectivity index (χ2v) is 7.66. The van der Waals surface area contributed by atoms with Crippen molar-refractivity contribution in [2.45, 2.75) is 59.2 Å². The van der Waals surface area contributed by atoms with Gasteiger partial charge < -0.3 is 20.1 Å². The SMILES string of the molecule is CCNC(=NCc1ccc(CN2CCCC2=O)cc1)NCc1cc(C(C)C)no1.I. The number of nitrogens with one attached hydrogen (secondary N) is 2. The lowest BCUT2D eigenvalue weighted by Crippen LogP contribution is -2.36. The normalized spacial score (nSPS) is 14.2. The molecule has 7 nitrogen and oxygen atoms in total. The number of carbonyl (C=O) groups is 1. The molecule has 0 atom stereocenters. The van der Waals surface area contributed by atoms with E-state index in [9.17, 15) is 4.79 Å². The van der Waals surface area contributed by atoms with Gasteiger partial charge in [0.05, 0.1) is 18.8 Å². The lowest BCUT2D eigenvalue weighted by molar-refractivity contribution is -0.128. The van der Waals surface area contributed by atoms with Crippen LogP contribution in [0.1, 0.15) is 62.1 Å². The molecule has 1 aliphatic heterocycles. The topological polar surface area (TPSA) is 82.8 Å². The average Bonchev–Trinajstić information content (AvgIpc) is 3.35. The summed E-state index contributed by atoms with van der Waals surface area (Å²) in [7, 11) is 0. The number of hydrogen-bond acceptors (Lipinski definition) is 4. The van der Waals surface area contributed by atoms with E-state index in [1.807, 2.05) is 17.9 Å². The number of aliphatic imine (C=N–C) groups is 1. The van der Waals surface area contributed by atoms with E-state index in [4.69, 9.17) is 4.52 Å². The Morgan fingerprint density at radius 2 is 1.97 bits per heavy atom. The molecule has 2 aromatic rings. The number of nitrogens with zero attached hydrogens (tertiary/aromatic N) is 3. The number of benzene rings is 1. The number of hydrogen-bond donors (Lipinski definition) is 2. The average molecular weight is 525 g/mol. The van der Waals surface area contributed by atoms with Crippen LogP contribution >= 0.6 is 24.0 Å². The lowest BCUT2D eigenvalue weighted by Gasteiger charge is -2.15. The van der Waals surface area contributed by atoms with Gasteiger partial charge in [0.1, 0.15) is 0 Å². The van der Waals surface area contributed by atoms with Gasteiger partial charge in [0.2, 0.25) is 5.91 Å². The molecule has 0 saturated carbocycles. The van der Waals surface area contributed by atoms with Crippen molar-refractivity contribution in [1.82, 2.24) is 20.7 Å². The highest BCUT2D eigenvalue weighted by Gasteiger charge is 2.19. The summed E-state index contributed by atoms with van der Waals surface area (Å²) in [6.45, 7) is 9.68. The molecule has 2 heterocycles. The molecule has 164 valence electrons. The van der Waals surface area contributed by atoms with Gasteiger partial charge in [0.25, 0.3) is 0 Å². The third kappa shape index (κ3) is 7.00. The minimum absolute atomic E-state index is 0. The van der Waals surface area contributed by atoms with E-state index in [0.717, 1.165) is 48.1 Å². The predicted molar refractivity (Wildman–Crippen MR) is 129 cm³/mol. The second-order valence-electron chi connectivity index (χ2n) is 7.66. The molecule has 8 heteroatoms. The minimum atomic E-state index is 0. The summed E-state index contributed by atoms with van der Waals surface area (Å²) < 4.78 is 5.37. The lowest BCUT2D eigenvalue weighted by atomic mass is 10.1. The van der Waals surface area contributed by atoms with Crippen LogP contribution in [-0.4, -0.2) is 35.0 Å². The van der Waals surface area contributed by atoms with Gasteiger partial charge in [-0.3, -0.25) is 4.79 Å². The summed E-state index contributed by atoms with van der Waals surface area (Å²) in [6, 6.07) is 10.3. The molecule has 1 fully saturated rings. The summed E-state index contributed by atoms with van der Waals surface area (Å²) in [5.74, 6) is 2.13. The summed E-state index contributed by atoms with van der Waals surface area (Å²) >= 11 is 0. The van der Waals surface area contributed by atoms with Crippen LogP contribution in [0.15, 0.2) is 39.8 Å². The Balaban J connectivity index is 0.00000320. The third-order valence-corrected chi connectivity index (χ3v) is 4.93. The van der Waals surface area contributed by atoms with Crippen molar-refractivity contribution in [2.75, 3.05) is 13.1 Å². The van der Waals surface area contributed by atoms with Crippen LogP contribution in [0.2, 0.25) is 0 Å². The van der Waals surface area contributed by atoms with Crippen LogP contribution < -0.4 is 10.6 Å². The highest BCUT2D eigenvalue weighted by atomic mass is 127. The van der Waals surface area contributed by atoms with Crippen LogP contribution in [-0.2, 0) is 24.4 Å². The van der Waals surface area contributed by atoms with E-state index in [1.54, 1.807) is 0 Å². The molecule has 1 aromatic heterocycles. The van der Waals surface area contributed by atoms with Crippen molar-refractivity contribution < 1.29 is 9.32 Å². The molecule has 3 rings (SSSR count). The molecular formula is C22H32IN5O2. The molecule has 0 unspecified atom stereocenters. The van der Waals surface area contributed by atoms with E-state index < -0.39 is 0 Å². The largest absolute Gasteiger partial charge is 0.359 e. The predicted octanol–water partition coefficient (Wildman–Crippen LogP) is 3.79. The quantitative estimate of drug-likeness (QED) is 0.312. The van der Waals surface area contributed by atoms with Gasteiger partial charge in [-0.15, -0.1) is 24.0 Å². The van der Waals surface area contributed by atoms with Gasteiger partial charge in [-0.25, -0.2) is 4.99 Å². The number of guanidine groups is 1. The van der Waals surface area contributed by atoms with Crippen molar-refractivity contribution in [3.8, 4) is 0 Å². The number of amides is 1. The second kappa shape index (κ2) is 11.9. The third-order valence-electron chi connectivity index (χ3n) is 4.93. The molecule has 0 aliphatic carbocycles. The zero-order chi connectivity index (χ0) is 20.6. The van der Waals surface area contributed by atoms with Crippen LogP contribution in [0.3, 0.4) is 0 Å². The van der Waals surface area contributed by atoms with Crippen molar-refractivity contribution in [3.63, 3.8) is 0 Å². The minimum Gasteiger partial charge on any atom is -0.359 e. The Morgan fingerprint density at radius 3 is 2.57 bits per heavy atom. The first-order chi connectivity index (χ1) is 14.0. The van der Waals surface area contributed by atoms with Crippen molar-refractivity contribution >= 4 is 35.8 Å². The first-order valence-corrected chi connectivity index (χ1v) is 10.4. The van der Waals surface area contributed by atoms with E-state index in [0.29, 0.717) is 32.0 Å². The van der Waals surface area contributed by atoms with Gasteiger partial charge in [-0.05, 0) is 30.4 Å². The Labute approximate surface area is 195 Å². The van der Waals surface area contributed by atoms with Gasteiger partial charge >= 0.3 is 0 Å². The van der Waals surface area contributed by atoms with Gasteiger partial charge in [-0.2, -0.15) is 0 Å². The summed E-state index contributed by atoms with van der Waals surface area (Å²) in [5.41, 5.74) is 3.24. The molecular weight excluding hydrogens is 493 g/mol. The van der Waals surface area contributed by atoms with Crippen molar-refractivity contribution in [3.05, 3.63) is 52.9 Å². The van der Waals surface area contributed by atoms with Crippen LogP contribution in [0.5, 0.6) is 0 Å². The highest BCUT2D eigenvalue weighted by Crippen LogP contribution is 2.15. The fraction of sp³-hybridized carbons (Fsp3) is 0.500. The number of carbonyl (C=O) groups excluding carboxylic acids is 1. The number of halogens is 1. The first kappa shape index (κ1) is 24.2. The molecule has 0 bridgehead atoms. The van der Waals surface area contributed by atoms with E-state index >= 15 is 0 Å². The smallest absolute Gasteiger partial charge is 0.222 e. The molecule has 1 aliphatic rings. The Hall–Kier alpha value is -2.10. The van der Waals surface area contributed by atoms with Gasteiger partial charge in [0.15, 0.2) is 11.7 Å². The molecule has 0 spiro atoms. The number of aromatic nitrogens is 1. The number of rotatable bonds is 8. The van der Waals surface area contributed by atoms with Crippen molar-refractivity contribution in [1.29, 1.82) is 0 Å². The Morgan fingerprint density at radius 1 is 1.23 bits per heavy atom. The molecule has 1 aromatic carbocycles. The fourth-order valence-electron chi connectivity index (χ4n) is 3.21. The highest BCUT2D eigenvalue weighted by molar-refractivity contribution is 14.0. The molecule has 1 saturated heterocycles. The zero-order valence-electron chi connectivity index (χ0n) is 18.0. The maximum absolute atomic E-state index is 11.8. The summed E-state index contributed by atoms with van der Waals surface area (Å²) in [4.78, 5) is 18.3. The maximum atomic E-state index is 11.8. The standard InChI is InChI=1S/C22H31N5O2.HI/c1-4-23-22(25-14-19-12-20(16(2)3)26-29-19)24-13-17-7-9-18(10-8-17)15-27-11-5-6-21(27)28;/h7-10,12,16H,4-6,11,13-15H2,1-3H3,(H2,23,24,25);1H. The Kier molecular flexibility index (Phi) is 9.61. The summed E-state index contributed by atoms with van der Waals surface area (Å²) in [5, 5.41) is 10.6. The monoisotopic (exact) mass is 525 g/mol.